The van der Waals surface area contributed by atoms with E-state index < -0.39 is 0 Å². The van der Waals surface area contributed by atoms with E-state index in [2.05, 4.69) is 33.7 Å². The average molecular weight is 322 g/mol. The molecule has 1 N–H and O–H groups in total. The van der Waals surface area contributed by atoms with Crippen LogP contribution < -0.4 is 5.32 Å². The molecule has 3 rings (SSSR count). The summed E-state index contributed by atoms with van der Waals surface area (Å²) in [6, 6.07) is 7.58. The Hall–Kier alpha value is -2.69. The minimum atomic E-state index is -0.0403. The van der Waals surface area contributed by atoms with Crippen molar-refractivity contribution in [2.24, 2.45) is 0 Å². The molecule has 5 heteroatoms. The van der Waals surface area contributed by atoms with Crippen LogP contribution in [0, 0.1) is 0 Å². The SMILES string of the molecule is CC(C)c1nccn1CCCNC(=O)c1cccc2cnccc12. The van der Waals surface area contributed by atoms with Crippen LogP contribution in [0.15, 0.2) is 49.1 Å². The largest absolute Gasteiger partial charge is 0.352 e. The molecule has 124 valence electrons. The molecular formula is C19H22N4O. The molecule has 0 fully saturated rings. The molecule has 0 aliphatic heterocycles. The third-order valence-corrected chi connectivity index (χ3v) is 4.05. The van der Waals surface area contributed by atoms with E-state index in [0.29, 0.717) is 18.0 Å². The molecule has 2 heterocycles. The fraction of sp³-hybridized carbons (Fsp3) is 0.316. The Morgan fingerprint density at radius 3 is 2.96 bits per heavy atom. The zero-order valence-corrected chi connectivity index (χ0v) is 14.1. The van der Waals surface area contributed by atoms with Gasteiger partial charge in [0.1, 0.15) is 5.82 Å². The highest BCUT2D eigenvalue weighted by Gasteiger charge is 2.10. The van der Waals surface area contributed by atoms with Crippen LogP contribution in [0.25, 0.3) is 10.8 Å². The summed E-state index contributed by atoms with van der Waals surface area (Å²) >= 11 is 0. The molecule has 0 spiro atoms. The molecule has 0 saturated carbocycles. The first kappa shape index (κ1) is 16.2. The minimum Gasteiger partial charge on any atom is -0.352 e. The molecule has 1 aromatic carbocycles. The van der Waals surface area contributed by atoms with Gasteiger partial charge in [-0.3, -0.25) is 9.78 Å². The number of hydrogen-bond donors (Lipinski definition) is 1. The molecule has 5 nitrogen and oxygen atoms in total. The summed E-state index contributed by atoms with van der Waals surface area (Å²) in [5, 5.41) is 4.92. The Bertz CT molecular complexity index is 833. The number of fused-ring (bicyclic) bond motifs is 1. The lowest BCUT2D eigenvalue weighted by Crippen LogP contribution is -2.25. The molecule has 0 saturated heterocycles. The fourth-order valence-corrected chi connectivity index (χ4v) is 2.88. The van der Waals surface area contributed by atoms with Gasteiger partial charge in [-0.15, -0.1) is 0 Å². The predicted molar refractivity (Wildman–Crippen MR) is 95.0 cm³/mol. The number of hydrogen-bond acceptors (Lipinski definition) is 3. The van der Waals surface area contributed by atoms with Crippen LogP contribution in [0.4, 0.5) is 0 Å². The van der Waals surface area contributed by atoms with Gasteiger partial charge in [0.05, 0.1) is 0 Å². The first-order valence-electron chi connectivity index (χ1n) is 8.29. The van der Waals surface area contributed by atoms with Crippen molar-refractivity contribution in [1.29, 1.82) is 0 Å². The Kier molecular flexibility index (Phi) is 4.89. The van der Waals surface area contributed by atoms with Crippen LogP contribution in [0.5, 0.6) is 0 Å². The summed E-state index contributed by atoms with van der Waals surface area (Å²) < 4.78 is 2.15. The molecule has 0 bridgehead atoms. The summed E-state index contributed by atoms with van der Waals surface area (Å²) in [5.41, 5.74) is 0.695. The van der Waals surface area contributed by atoms with Crippen molar-refractivity contribution >= 4 is 16.7 Å². The van der Waals surface area contributed by atoms with Gasteiger partial charge in [-0.05, 0) is 23.9 Å². The van der Waals surface area contributed by atoms with Crippen LogP contribution in [0.2, 0.25) is 0 Å². The van der Waals surface area contributed by atoms with Crippen molar-refractivity contribution in [3.05, 3.63) is 60.4 Å². The Labute approximate surface area is 141 Å². The van der Waals surface area contributed by atoms with Gasteiger partial charge < -0.3 is 9.88 Å². The first-order chi connectivity index (χ1) is 11.7. The van der Waals surface area contributed by atoms with E-state index in [-0.39, 0.29) is 5.91 Å². The van der Waals surface area contributed by atoms with Gasteiger partial charge in [0.25, 0.3) is 5.91 Å². The number of amides is 1. The third-order valence-electron chi connectivity index (χ3n) is 4.05. The van der Waals surface area contributed by atoms with E-state index in [1.54, 1.807) is 12.4 Å². The lowest BCUT2D eigenvalue weighted by Gasteiger charge is -2.11. The number of imidazole rings is 1. The standard InChI is InChI=1S/C19H22N4O/c1-14(2)18-21-10-12-23(18)11-4-8-22-19(24)17-6-3-5-15-13-20-9-7-16(15)17/h3,5-7,9-10,12-14H,4,8,11H2,1-2H3,(H,22,24). The Balaban J connectivity index is 1.58. The molecule has 0 radical (unpaired) electrons. The summed E-state index contributed by atoms with van der Waals surface area (Å²) in [4.78, 5) is 20.9. The number of aromatic nitrogens is 3. The number of benzene rings is 1. The van der Waals surface area contributed by atoms with E-state index in [0.717, 1.165) is 29.6 Å². The van der Waals surface area contributed by atoms with Crippen molar-refractivity contribution in [2.45, 2.75) is 32.7 Å². The van der Waals surface area contributed by atoms with Crippen LogP contribution >= 0.6 is 0 Å². The lowest BCUT2D eigenvalue weighted by atomic mass is 10.1. The number of carbonyl (C=O) groups is 1. The van der Waals surface area contributed by atoms with E-state index in [1.165, 1.54) is 0 Å². The minimum absolute atomic E-state index is 0.0403. The zero-order chi connectivity index (χ0) is 16.9. The second kappa shape index (κ2) is 7.25. The van der Waals surface area contributed by atoms with Crippen molar-refractivity contribution in [2.75, 3.05) is 6.54 Å². The quantitative estimate of drug-likeness (QED) is 0.708. The summed E-state index contributed by atoms with van der Waals surface area (Å²) in [6.07, 6.45) is 8.19. The molecule has 24 heavy (non-hydrogen) atoms. The maximum Gasteiger partial charge on any atom is 0.251 e. The molecule has 0 unspecified atom stereocenters. The zero-order valence-electron chi connectivity index (χ0n) is 14.1. The van der Waals surface area contributed by atoms with Gasteiger partial charge in [-0.2, -0.15) is 0 Å². The van der Waals surface area contributed by atoms with Gasteiger partial charge >= 0.3 is 0 Å². The third kappa shape index (κ3) is 3.45. The molecule has 0 atom stereocenters. The van der Waals surface area contributed by atoms with Gasteiger partial charge in [-0.25, -0.2) is 4.98 Å². The highest BCUT2D eigenvalue weighted by atomic mass is 16.1. The number of rotatable bonds is 6. The maximum absolute atomic E-state index is 12.4. The maximum atomic E-state index is 12.4. The van der Waals surface area contributed by atoms with Crippen LogP contribution in [-0.2, 0) is 6.54 Å². The van der Waals surface area contributed by atoms with E-state index >= 15 is 0 Å². The molecule has 0 aliphatic carbocycles. The number of nitrogens with one attached hydrogen (secondary N) is 1. The highest BCUT2D eigenvalue weighted by molar-refractivity contribution is 6.06. The summed E-state index contributed by atoms with van der Waals surface area (Å²) in [5.74, 6) is 1.45. The summed E-state index contributed by atoms with van der Waals surface area (Å²) in [7, 11) is 0. The van der Waals surface area contributed by atoms with E-state index in [1.807, 2.05) is 36.7 Å². The van der Waals surface area contributed by atoms with Crippen molar-refractivity contribution in [3.63, 3.8) is 0 Å². The van der Waals surface area contributed by atoms with Gasteiger partial charge in [-0.1, -0.05) is 26.0 Å². The van der Waals surface area contributed by atoms with Gasteiger partial charge in [0, 0.05) is 54.7 Å². The van der Waals surface area contributed by atoms with Crippen molar-refractivity contribution in [3.8, 4) is 0 Å². The highest BCUT2D eigenvalue weighted by Crippen LogP contribution is 2.17. The number of nitrogens with zero attached hydrogens (tertiary/aromatic N) is 3. The number of carbonyl (C=O) groups excluding carboxylic acids is 1. The Morgan fingerprint density at radius 2 is 2.12 bits per heavy atom. The monoisotopic (exact) mass is 322 g/mol. The van der Waals surface area contributed by atoms with Crippen molar-refractivity contribution in [1.82, 2.24) is 19.9 Å². The first-order valence-corrected chi connectivity index (χ1v) is 8.29. The lowest BCUT2D eigenvalue weighted by molar-refractivity contribution is 0.0954. The second-order valence-corrected chi connectivity index (χ2v) is 6.15. The van der Waals surface area contributed by atoms with E-state index in [4.69, 9.17) is 0 Å². The van der Waals surface area contributed by atoms with Crippen LogP contribution in [0.3, 0.4) is 0 Å². The second-order valence-electron chi connectivity index (χ2n) is 6.15. The smallest absolute Gasteiger partial charge is 0.251 e. The normalized spacial score (nSPS) is 11.1. The molecular weight excluding hydrogens is 300 g/mol. The van der Waals surface area contributed by atoms with Gasteiger partial charge in [0.2, 0.25) is 0 Å². The number of pyridine rings is 1. The predicted octanol–water partition coefficient (Wildman–Crippen LogP) is 3.37. The molecule has 3 aromatic rings. The Morgan fingerprint density at radius 1 is 1.25 bits per heavy atom. The average Bonchev–Trinajstić information content (AvgIpc) is 3.07. The number of aryl methyl sites for hydroxylation is 1. The fourth-order valence-electron chi connectivity index (χ4n) is 2.88. The molecule has 1 amide bonds. The van der Waals surface area contributed by atoms with Crippen LogP contribution in [0.1, 0.15) is 42.4 Å². The van der Waals surface area contributed by atoms with Crippen molar-refractivity contribution < 1.29 is 4.79 Å². The van der Waals surface area contributed by atoms with E-state index in [9.17, 15) is 4.79 Å². The molecule has 0 aliphatic rings. The summed E-state index contributed by atoms with van der Waals surface area (Å²) in [6.45, 7) is 5.76. The topological polar surface area (TPSA) is 59.8 Å². The van der Waals surface area contributed by atoms with Crippen LogP contribution in [-0.4, -0.2) is 27.0 Å². The molecule has 2 aromatic heterocycles. The van der Waals surface area contributed by atoms with Gasteiger partial charge in [0.15, 0.2) is 0 Å².